The average Bonchev–Trinajstić information content (AvgIpc) is 3.76. The molecule has 0 aromatic heterocycles. The van der Waals surface area contributed by atoms with Gasteiger partial charge in [-0.25, -0.2) is 0 Å². The van der Waals surface area contributed by atoms with Crippen LogP contribution >= 0.6 is 0 Å². The average molecular weight is 804 g/mol. The molecule has 62 heavy (non-hydrogen) atoms. The molecule has 0 heterocycles. The van der Waals surface area contributed by atoms with E-state index in [0.717, 1.165) is 18.3 Å². The van der Waals surface area contributed by atoms with Gasteiger partial charge in [0.1, 0.15) is 0 Å². The highest BCUT2D eigenvalue weighted by molar-refractivity contribution is 5.97. The van der Waals surface area contributed by atoms with Gasteiger partial charge in [-0.15, -0.1) is 0 Å². The Morgan fingerprint density at radius 2 is 0.952 bits per heavy atom. The quantitative estimate of drug-likeness (QED) is 0.168. The second-order valence-corrected chi connectivity index (χ2v) is 21.5. The number of rotatable bonds is 5. The normalized spacial score (nSPS) is 25.7. The Kier molecular flexibility index (Phi) is 7.72. The number of fused-ring (bicyclic) bond motifs is 7. The van der Waals surface area contributed by atoms with Crippen molar-refractivity contribution in [1.29, 1.82) is 0 Å². The van der Waals surface area contributed by atoms with Crippen LogP contribution in [0.25, 0.3) is 22.3 Å². The van der Waals surface area contributed by atoms with Gasteiger partial charge < -0.3 is 4.90 Å². The predicted molar refractivity (Wildman–Crippen MR) is 257 cm³/mol. The Labute approximate surface area is 368 Å². The highest BCUT2D eigenvalue weighted by Gasteiger charge is 2.62. The summed E-state index contributed by atoms with van der Waals surface area (Å²) in [6.07, 6.45) is 9.35. The van der Waals surface area contributed by atoms with Crippen LogP contribution in [0.4, 0.5) is 17.1 Å². The molecule has 7 aromatic carbocycles. The van der Waals surface area contributed by atoms with Crippen LogP contribution < -0.4 is 4.90 Å². The summed E-state index contributed by atoms with van der Waals surface area (Å²) in [6.45, 7) is 9.96. The van der Waals surface area contributed by atoms with E-state index in [0.29, 0.717) is 11.8 Å². The van der Waals surface area contributed by atoms with Crippen molar-refractivity contribution in [2.24, 2.45) is 23.7 Å². The Balaban J connectivity index is 1.13. The summed E-state index contributed by atoms with van der Waals surface area (Å²) in [5.41, 5.74) is 20.7. The molecule has 4 saturated carbocycles. The lowest BCUT2D eigenvalue weighted by Crippen LogP contribution is -2.55. The molecule has 7 aliphatic rings. The van der Waals surface area contributed by atoms with Gasteiger partial charge in [-0.05, 0) is 165 Å². The summed E-state index contributed by atoms with van der Waals surface area (Å²) in [6, 6.07) is 63.8. The minimum atomic E-state index is -0.483. The van der Waals surface area contributed by atoms with Crippen molar-refractivity contribution in [2.45, 2.75) is 94.3 Å². The molecule has 0 unspecified atom stereocenters. The standard InChI is InChI=1S/C61H57N/c1-58(2)31-32-59(3,4)57-52(58)26-16-28-55(57)62(54-27-15-25-51-56(54)48-22-12-14-24-50(48)61(51)43-34-39-33-40(36-43)37-44(61)35-39)45-29-30-47-46-21-11-13-23-49(46)60(53(47)38-45,41-17-7-5-8-18-41)42-19-9-6-10-20-42/h5-30,38-40,43-44H,31-37H2,1-4H3. The zero-order valence-electron chi connectivity index (χ0n) is 36.8. The van der Waals surface area contributed by atoms with Gasteiger partial charge in [0.25, 0.3) is 0 Å². The first-order chi connectivity index (χ1) is 30.2. The van der Waals surface area contributed by atoms with Crippen molar-refractivity contribution in [3.05, 3.63) is 208 Å². The molecule has 7 aromatic rings. The predicted octanol–water partition coefficient (Wildman–Crippen LogP) is 15.6. The van der Waals surface area contributed by atoms with Gasteiger partial charge in [-0.3, -0.25) is 0 Å². The molecule has 4 bridgehead atoms. The third-order valence-electron chi connectivity index (χ3n) is 17.6. The number of hydrogen-bond acceptors (Lipinski definition) is 1. The Morgan fingerprint density at radius 3 is 1.63 bits per heavy atom. The maximum Gasteiger partial charge on any atom is 0.0714 e. The van der Waals surface area contributed by atoms with E-state index in [1.54, 1.807) is 11.1 Å². The van der Waals surface area contributed by atoms with E-state index in [1.165, 1.54) is 111 Å². The number of hydrogen-bond donors (Lipinski definition) is 0. The van der Waals surface area contributed by atoms with Crippen LogP contribution in [0.15, 0.2) is 164 Å². The zero-order valence-corrected chi connectivity index (χ0v) is 36.8. The van der Waals surface area contributed by atoms with Gasteiger partial charge in [0.15, 0.2) is 0 Å². The van der Waals surface area contributed by atoms with Crippen molar-refractivity contribution in [3.8, 4) is 22.3 Å². The minimum Gasteiger partial charge on any atom is -0.310 e. The molecule has 0 N–H and O–H groups in total. The second kappa shape index (κ2) is 12.9. The molecule has 0 aliphatic heterocycles. The third-order valence-corrected chi connectivity index (χ3v) is 17.6. The number of nitrogens with zero attached hydrogens (tertiary/aromatic N) is 1. The molecule has 306 valence electrons. The lowest BCUT2D eigenvalue weighted by atomic mass is 9.43. The van der Waals surface area contributed by atoms with Crippen molar-refractivity contribution in [2.75, 3.05) is 4.90 Å². The van der Waals surface area contributed by atoms with Gasteiger partial charge in [0.2, 0.25) is 0 Å². The third kappa shape index (κ3) is 4.75. The van der Waals surface area contributed by atoms with Gasteiger partial charge in [0.05, 0.1) is 16.8 Å². The van der Waals surface area contributed by atoms with E-state index in [1.807, 2.05) is 0 Å². The minimum absolute atomic E-state index is 0.00298. The summed E-state index contributed by atoms with van der Waals surface area (Å²) >= 11 is 0. The Bertz CT molecular complexity index is 2860. The smallest absolute Gasteiger partial charge is 0.0714 e. The highest BCUT2D eigenvalue weighted by Crippen LogP contribution is 2.71. The maximum atomic E-state index is 2.75. The molecule has 4 fully saturated rings. The fourth-order valence-electron chi connectivity index (χ4n) is 15.2. The largest absolute Gasteiger partial charge is 0.310 e. The van der Waals surface area contributed by atoms with Gasteiger partial charge >= 0.3 is 0 Å². The van der Waals surface area contributed by atoms with Crippen molar-refractivity contribution in [1.82, 2.24) is 0 Å². The van der Waals surface area contributed by atoms with E-state index in [4.69, 9.17) is 0 Å². The molecular weight excluding hydrogens is 747 g/mol. The molecule has 0 radical (unpaired) electrons. The van der Waals surface area contributed by atoms with Crippen molar-refractivity contribution < 1.29 is 0 Å². The highest BCUT2D eigenvalue weighted by atomic mass is 15.2. The molecule has 0 saturated heterocycles. The fourth-order valence-corrected chi connectivity index (χ4v) is 15.2. The van der Waals surface area contributed by atoms with E-state index in [2.05, 4.69) is 196 Å². The lowest BCUT2D eigenvalue weighted by molar-refractivity contribution is -0.0399. The molecular formula is C61H57N. The van der Waals surface area contributed by atoms with Crippen LogP contribution in [0, 0.1) is 23.7 Å². The summed E-state index contributed by atoms with van der Waals surface area (Å²) in [4.78, 5) is 2.75. The van der Waals surface area contributed by atoms with E-state index >= 15 is 0 Å². The summed E-state index contributed by atoms with van der Waals surface area (Å²) in [5, 5.41) is 0. The van der Waals surface area contributed by atoms with Gasteiger partial charge in [-0.2, -0.15) is 0 Å². The summed E-state index contributed by atoms with van der Waals surface area (Å²) < 4.78 is 0. The van der Waals surface area contributed by atoms with Crippen LogP contribution in [0.3, 0.4) is 0 Å². The zero-order chi connectivity index (χ0) is 41.6. The first-order valence-electron chi connectivity index (χ1n) is 23.7. The van der Waals surface area contributed by atoms with Gasteiger partial charge in [0, 0.05) is 16.7 Å². The van der Waals surface area contributed by atoms with Crippen LogP contribution in [-0.4, -0.2) is 0 Å². The van der Waals surface area contributed by atoms with Crippen LogP contribution in [-0.2, 0) is 21.7 Å². The molecule has 1 nitrogen and oxygen atoms in total. The first-order valence-corrected chi connectivity index (χ1v) is 23.7. The second-order valence-electron chi connectivity index (χ2n) is 21.5. The molecule has 0 atom stereocenters. The van der Waals surface area contributed by atoms with Crippen LogP contribution in [0.1, 0.15) is 117 Å². The molecule has 7 aliphatic carbocycles. The van der Waals surface area contributed by atoms with Crippen molar-refractivity contribution in [3.63, 3.8) is 0 Å². The molecule has 1 heteroatoms. The molecule has 14 rings (SSSR count). The van der Waals surface area contributed by atoms with Gasteiger partial charge in [-0.1, -0.05) is 167 Å². The maximum absolute atomic E-state index is 2.75. The van der Waals surface area contributed by atoms with Crippen LogP contribution in [0.2, 0.25) is 0 Å². The summed E-state index contributed by atoms with van der Waals surface area (Å²) in [5.74, 6) is 3.24. The molecule has 1 spiro atoms. The topological polar surface area (TPSA) is 3.24 Å². The van der Waals surface area contributed by atoms with Crippen molar-refractivity contribution >= 4 is 17.1 Å². The van der Waals surface area contributed by atoms with E-state index < -0.39 is 5.41 Å². The lowest BCUT2D eigenvalue weighted by Gasteiger charge is -2.61. The molecule has 0 amide bonds. The monoisotopic (exact) mass is 803 g/mol. The number of benzene rings is 7. The number of anilines is 3. The fraction of sp³-hybridized carbons (Fsp3) is 0.311. The summed E-state index contributed by atoms with van der Waals surface area (Å²) in [7, 11) is 0. The van der Waals surface area contributed by atoms with Crippen LogP contribution in [0.5, 0.6) is 0 Å². The SMILES string of the molecule is CC1(C)CCC(C)(C)c2c(N(c3ccc4c(c3)C(c3ccccc3)(c3ccccc3)c3ccccc3-4)c3cccc4c3-c3ccccc3C43C4CC5CC(C4)CC3C5)cccc21. The first kappa shape index (κ1) is 36.9. The van der Waals surface area contributed by atoms with E-state index in [9.17, 15) is 0 Å². The Morgan fingerprint density at radius 1 is 0.419 bits per heavy atom. The Hall–Kier alpha value is -5.66. The van der Waals surface area contributed by atoms with E-state index in [-0.39, 0.29) is 16.2 Å².